The number of anilines is 1. The quantitative estimate of drug-likeness (QED) is 0.691. The number of rotatable bonds is 0. The van der Waals surface area contributed by atoms with Crippen molar-refractivity contribution in [1.82, 2.24) is 4.98 Å². The molecule has 0 radical (unpaired) electrons. The average Bonchev–Trinajstić information content (AvgIpc) is 2.78. The number of nitrogens with two attached hydrogens (primary N) is 1. The standard InChI is InChI=1S/C12H16N2/c13-12-8-4-1-2-6-10(8)14-11-7-3-5-9(11)12/h1-7H2,(H2,13,14)/i1D2,2D2,4D2,6D2,7D. The Kier molecular flexibility index (Phi) is 0.685. The largest absolute Gasteiger partial charge is 0.398 e. The Morgan fingerprint density at radius 1 is 1.14 bits per heavy atom. The minimum absolute atomic E-state index is 0.104. The summed E-state index contributed by atoms with van der Waals surface area (Å²) in [5.74, 6) is 0. The maximum absolute atomic E-state index is 8.11. The van der Waals surface area contributed by atoms with Crippen LogP contribution in [0.1, 0.15) is 54.0 Å². The minimum atomic E-state index is -3.15. The lowest BCUT2D eigenvalue weighted by Crippen LogP contribution is -2.12. The van der Waals surface area contributed by atoms with E-state index in [0.717, 1.165) is 0 Å². The van der Waals surface area contributed by atoms with Gasteiger partial charge in [-0.05, 0) is 55.9 Å². The minimum Gasteiger partial charge on any atom is -0.398 e. The fraction of sp³-hybridized carbons (Fsp3) is 0.583. The molecule has 1 aromatic rings. The molecule has 0 aromatic carbocycles. The van der Waals surface area contributed by atoms with Crippen LogP contribution in [0.3, 0.4) is 0 Å². The first-order valence-electron chi connectivity index (χ1n) is 9.11. The molecular formula is C12H16N2. The molecule has 0 spiro atoms. The highest BCUT2D eigenvalue weighted by atomic mass is 14.8. The van der Waals surface area contributed by atoms with Crippen LogP contribution >= 0.6 is 0 Å². The van der Waals surface area contributed by atoms with Crippen LogP contribution in [0, 0.1) is 0 Å². The lowest BCUT2D eigenvalue weighted by Gasteiger charge is -2.19. The summed E-state index contributed by atoms with van der Waals surface area (Å²) in [6, 6.07) is 0. The molecule has 0 amide bonds. The molecule has 1 heterocycles. The Balaban J connectivity index is 2.45. The molecule has 2 nitrogen and oxygen atoms in total. The van der Waals surface area contributed by atoms with Crippen LogP contribution in [-0.2, 0) is 25.6 Å². The van der Waals surface area contributed by atoms with Gasteiger partial charge >= 0.3 is 0 Å². The number of aromatic nitrogens is 1. The molecule has 0 fully saturated rings. The third kappa shape index (κ3) is 1.06. The number of pyridine rings is 1. The van der Waals surface area contributed by atoms with Gasteiger partial charge in [0.15, 0.2) is 0 Å². The zero-order valence-corrected chi connectivity index (χ0v) is 7.52. The van der Waals surface area contributed by atoms with Gasteiger partial charge in [-0.1, -0.05) is 0 Å². The van der Waals surface area contributed by atoms with Gasteiger partial charge in [0.25, 0.3) is 0 Å². The normalized spacial score (nSPS) is 48.3. The van der Waals surface area contributed by atoms with Crippen LogP contribution in [0.25, 0.3) is 0 Å². The molecule has 0 aliphatic heterocycles. The molecular weight excluding hydrogens is 172 g/mol. The van der Waals surface area contributed by atoms with Gasteiger partial charge in [-0.2, -0.15) is 0 Å². The smallest absolute Gasteiger partial charge is 0.0459 e. The summed E-state index contributed by atoms with van der Waals surface area (Å²) >= 11 is 0. The zero-order chi connectivity index (χ0) is 17.6. The maximum atomic E-state index is 8.11. The topological polar surface area (TPSA) is 38.9 Å². The van der Waals surface area contributed by atoms with E-state index in [9.17, 15) is 0 Å². The molecule has 2 N–H and O–H groups in total. The second-order valence-electron chi connectivity index (χ2n) is 3.36. The Hall–Kier alpha value is -1.05. The van der Waals surface area contributed by atoms with Crippen molar-refractivity contribution in [1.29, 1.82) is 0 Å². The van der Waals surface area contributed by atoms with Crippen molar-refractivity contribution in [2.45, 2.75) is 44.7 Å². The molecule has 2 aliphatic rings. The van der Waals surface area contributed by atoms with Gasteiger partial charge in [-0.15, -0.1) is 0 Å². The van der Waals surface area contributed by atoms with Crippen molar-refractivity contribution in [2.75, 3.05) is 5.73 Å². The fourth-order valence-corrected chi connectivity index (χ4v) is 1.85. The zero-order valence-electron chi connectivity index (χ0n) is 16.5. The van der Waals surface area contributed by atoms with Gasteiger partial charge in [-0.25, -0.2) is 0 Å². The van der Waals surface area contributed by atoms with E-state index in [1.165, 1.54) is 0 Å². The monoisotopic (exact) mass is 197 g/mol. The van der Waals surface area contributed by atoms with Crippen molar-refractivity contribution < 1.29 is 12.3 Å². The highest BCUT2D eigenvalue weighted by Crippen LogP contribution is 2.33. The first-order valence-corrected chi connectivity index (χ1v) is 4.54. The van der Waals surface area contributed by atoms with E-state index >= 15 is 0 Å². The number of fused-ring (bicyclic) bond motifs is 2. The van der Waals surface area contributed by atoms with Crippen molar-refractivity contribution in [3.8, 4) is 0 Å². The number of hydrogen-bond acceptors (Lipinski definition) is 2. The molecule has 1 aromatic heterocycles. The molecule has 0 saturated carbocycles. The van der Waals surface area contributed by atoms with E-state index < -0.39 is 43.1 Å². The summed E-state index contributed by atoms with van der Waals surface area (Å²) in [5, 5.41) is 0. The average molecular weight is 197 g/mol. The highest BCUT2D eigenvalue weighted by Gasteiger charge is 2.22. The second-order valence-corrected chi connectivity index (χ2v) is 3.36. The Morgan fingerprint density at radius 2 is 2.00 bits per heavy atom. The molecule has 0 bridgehead atoms. The van der Waals surface area contributed by atoms with Crippen LogP contribution in [0.5, 0.6) is 0 Å². The van der Waals surface area contributed by atoms with Gasteiger partial charge in [0.1, 0.15) is 0 Å². The molecule has 74 valence electrons. The predicted molar refractivity (Wildman–Crippen MR) is 57.3 cm³/mol. The molecule has 1 atom stereocenters. The molecule has 3 rings (SSSR count). The number of nitrogens with zero attached hydrogens (tertiary/aromatic N) is 1. The summed E-state index contributed by atoms with van der Waals surface area (Å²) in [4.78, 5) is 4.06. The Morgan fingerprint density at radius 3 is 2.93 bits per heavy atom. The molecule has 2 heteroatoms. The number of aryl methyl sites for hydroxylation is 2. The summed E-state index contributed by atoms with van der Waals surface area (Å²) in [5.41, 5.74) is 5.63. The van der Waals surface area contributed by atoms with E-state index in [0.29, 0.717) is 18.4 Å². The van der Waals surface area contributed by atoms with Gasteiger partial charge in [-0.3, -0.25) is 4.98 Å². The van der Waals surface area contributed by atoms with Gasteiger partial charge < -0.3 is 5.73 Å². The predicted octanol–water partition coefficient (Wildman–Crippen LogP) is 2.03. The molecule has 2 aliphatic carbocycles. The van der Waals surface area contributed by atoms with Crippen LogP contribution < -0.4 is 5.73 Å². The number of hydrogen-bond donors (Lipinski definition) is 1. The van der Waals surface area contributed by atoms with E-state index in [4.69, 9.17) is 18.1 Å². The van der Waals surface area contributed by atoms with E-state index in [1.807, 2.05) is 0 Å². The van der Waals surface area contributed by atoms with Gasteiger partial charge in [0.05, 0.1) is 0 Å². The summed E-state index contributed by atoms with van der Waals surface area (Å²) < 4.78 is 71.9. The third-order valence-electron chi connectivity index (χ3n) is 2.54. The summed E-state index contributed by atoms with van der Waals surface area (Å²) in [7, 11) is 0. The maximum Gasteiger partial charge on any atom is 0.0459 e. The van der Waals surface area contributed by atoms with Crippen LogP contribution in [0.15, 0.2) is 0 Å². The van der Waals surface area contributed by atoms with Crippen molar-refractivity contribution in [3.05, 3.63) is 22.5 Å². The molecule has 1 unspecified atom stereocenters. The van der Waals surface area contributed by atoms with Gasteiger partial charge in [0, 0.05) is 29.4 Å². The fourth-order valence-electron chi connectivity index (χ4n) is 1.85. The summed E-state index contributed by atoms with van der Waals surface area (Å²) in [6.45, 7) is 0. The molecule has 14 heavy (non-hydrogen) atoms. The molecule has 0 saturated heterocycles. The van der Waals surface area contributed by atoms with Crippen molar-refractivity contribution in [3.63, 3.8) is 0 Å². The van der Waals surface area contributed by atoms with E-state index in [-0.39, 0.29) is 11.4 Å². The highest BCUT2D eigenvalue weighted by molar-refractivity contribution is 5.59. The van der Waals surface area contributed by atoms with E-state index in [2.05, 4.69) is 4.98 Å². The van der Waals surface area contributed by atoms with Gasteiger partial charge in [0.2, 0.25) is 0 Å². The van der Waals surface area contributed by atoms with Crippen molar-refractivity contribution in [2.24, 2.45) is 0 Å². The lowest BCUT2D eigenvalue weighted by atomic mass is 9.92. The summed E-state index contributed by atoms with van der Waals surface area (Å²) in [6.07, 6.45) is -11.9. The SMILES string of the molecule is [2H]C1CCc2c1nc1c(c2N)C([2H])([2H])C([2H])([2H])C([2H])([2H])C1([2H])[2H]. The van der Waals surface area contributed by atoms with E-state index in [1.54, 1.807) is 0 Å². The van der Waals surface area contributed by atoms with Crippen LogP contribution in [-0.4, -0.2) is 4.98 Å². The Labute approximate surface area is 97.2 Å². The lowest BCUT2D eigenvalue weighted by molar-refractivity contribution is 0.665. The number of nitrogen functional groups attached to an aromatic ring is 1. The first-order chi connectivity index (χ1) is 10.3. The van der Waals surface area contributed by atoms with Crippen LogP contribution in [0.4, 0.5) is 5.69 Å². The third-order valence-corrected chi connectivity index (χ3v) is 2.54. The van der Waals surface area contributed by atoms with Crippen molar-refractivity contribution >= 4 is 5.69 Å². The first kappa shape index (κ1) is 3.22. The Bertz CT molecular complexity index is 698. The second kappa shape index (κ2) is 2.97. The van der Waals surface area contributed by atoms with Crippen LogP contribution in [0.2, 0.25) is 0 Å².